The summed E-state index contributed by atoms with van der Waals surface area (Å²) in [4.78, 5) is 13.9. The van der Waals surface area contributed by atoms with E-state index in [0.29, 0.717) is 6.54 Å². The molecule has 8 heteroatoms. The van der Waals surface area contributed by atoms with Crippen LogP contribution >= 0.6 is 0 Å². The van der Waals surface area contributed by atoms with E-state index >= 15 is 0 Å². The van der Waals surface area contributed by atoms with Crippen molar-refractivity contribution < 1.29 is 17.7 Å². The highest BCUT2D eigenvalue weighted by Gasteiger charge is 2.25. The molecule has 0 bridgehead atoms. The van der Waals surface area contributed by atoms with E-state index in [2.05, 4.69) is 9.88 Å². The molecule has 1 heterocycles. The number of anilines is 1. The zero-order chi connectivity index (χ0) is 17.9. The van der Waals surface area contributed by atoms with Crippen LogP contribution < -0.4 is 9.62 Å². The molecule has 0 aliphatic heterocycles. The summed E-state index contributed by atoms with van der Waals surface area (Å²) in [6.45, 7) is 6.92. The maximum atomic E-state index is 12.4. The Morgan fingerprint density at radius 1 is 1.29 bits per heavy atom. The third kappa shape index (κ3) is 3.82. The van der Waals surface area contributed by atoms with Crippen LogP contribution in [-0.4, -0.2) is 32.6 Å². The van der Waals surface area contributed by atoms with Gasteiger partial charge in [0.1, 0.15) is 10.6 Å². The number of amides is 1. The van der Waals surface area contributed by atoms with Gasteiger partial charge in [-0.2, -0.15) is 0 Å². The number of rotatable bonds is 6. The Morgan fingerprint density at radius 3 is 2.54 bits per heavy atom. The summed E-state index contributed by atoms with van der Waals surface area (Å²) in [5.74, 6) is -0.142. The Bertz CT molecular complexity index is 823. The van der Waals surface area contributed by atoms with Crippen LogP contribution in [0.3, 0.4) is 0 Å². The molecule has 2 aromatic rings. The van der Waals surface area contributed by atoms with Crippen LogP contribution in [0.1, 0.15) is 23.9 Å². The Hall–Kier alpha value is -2.19. The van der Waals surface area contributed by atoms with Gasteiger partial charge in [-0.25, -0.2) is 13.1 Å². The lowest BCUT2D eigenvalue weighted by atomic mass is 10.2. The quantitative estimate of drug-likeness (QED) is 0.858. The molecule has 1 N–H and O–H groups in total. The monoisotopic (exact) mass is 351 g/mol. The van der Waals surface area contributed by atoms with Gasteiger partial charge in [0.2, 0.25) is 15.9 Å². The molecule has 2 rings (SSSR count). The molecule has 0 saturated carbocycles. The summed E-state index contributed by atoms with van der Waals surface area (Å²) in [7, 11) is -3.86. The molecule has 1 aromatic heterocycles. The predicted molar refractivity (Wildman–Crippen MR) is 90.4 cm³/mol. The fourth-order valence-corrected chi connectivity index (χ4v) is 3.78. The fourth-order valence-electron chi connectivity index (χ4n) is 2.48. The zero-order valence-corrected chi connectivity index (χ0v) is 15.0. The second-order valence-electron chi connectivity index (χ2n) is 5.45. The van der Waals surface area contributed by atoms with Crippen LogP contribution in [0.15, 0.2) is 33.7 Å². The minimum atomic E-state index is -3.86. The number of hydrogen-bond donors (Lipinski definition) is 1. The van der Waals surface area contributed by atoms with E-state index in [0.717, 1.165) is 11.3 Å². The van der Waals surface area contributed by atoms with E-state index in [4.69, 9.17) is 4.52 Å². The van der Waals surface area contributed by atoms with E-state index < -0.39 is 10.0 Å². The lowest BCUT2D eigenvalue weighted by Crippen LogP contribution is -2.40. The largest absolute Gasteiger partial charge is 0.360 e. The van der Waals surface area contributed by atoms with Gasteiger partial charge in [-0.05, 0) is 45.4 Å². The van der Waals surface area contributed by atoms with Crippen molar-refractivity contribution in [2.75, 3.05) is 18.0 Å². The SMILES string of the molecule is CCN(C(=O)CNS(=O)(=O)c1c(C)noc1C)c1cccc(C)c1. The van der Waals surface area contributed by atoms with Crippen molar-refractivity contribution in [2.24, 2.45) is 0 Å². The molecule has 0 fully saturated rings. The van der Waals surface area contributed by atoms with Gasteiger partial charge in [0.05, 0.1) is 6.54 Å². The molecule has 0 saturated heterocycles. The van der Waals surface area contributed by atoms with Gasteiger partial charge in [-0.1, -0.05) is 17.3 Å². The molecule has 0 radical (unpaired) electrons. The lowest BCUT2D eigenvalue weighted by Gasteiger charge is -2.21. The Labute approximate surface area is 141 Å². The van der Waals surface area contributed by atoms with Gasteiger partial charge >= 0.3 is 0 Å². The van der Waals surface area contributed by atoms with E-state index in [1.54, 1.807) is 0 Å². The van der Waals surface area contributed by atoms with Gasteiger partial charge in [0, 0.05) is 12.2 Å². The third-order valence-electron chi connectivity index (χ3n) is 3.58. The van der Waals surface area contributed by atoms with Gasteiger partial charge in [-0.3, -0.25) is 4.79 Å². The summed E-state index contributed by atoms with van der Waals surface area (Å²) in [6, 6.07) is 7.48. The second kappa shape index (κ2) is 7.14. The summed E-state index contributed by atoms with van der Waals surface area (Å²) in [6.07, 6.45) is 0. The maximum Gasteiger partial charge on any atom is 0.246 e. The number of carbonyl (C=O) groups is 1. The molecule has 1 aromatic carbocycles. The average Bonchev–Trinajstić information content (AvgIpc) is 2.86. The number of nitrogens with zero attached hydrogens (tertiary/aromatic N) is 2. The molecular weight excluding hydrogens is 330 g/mol. The molecule has 0 unspecified atom stereocenters. The van der Waals surface area contributed by atoms with E-state index in [9.17, 15) is 13.2 Å². The number of likely N-dealkylation sites (N-methyl/N-ethyl adjacent to an activating group) is 1. The first-order valence-electron chi connectivity index (χ1n) is 7.56. The normalized spacial score (nSPS) is 11.5. The Kier molecular flexibility index (Phi) is 5.40. The topological polar surface area (TPSA) is 92.5 Å². The highest BCUT2D eigenvalue weighted by atomic mass is 32.2. The van der Waals surface area contributed by atoms with Crippen LogP contribution in [0.5, 0.6) is 0 Å². The Morgan fingerprint density at radius 2 is 2.00 bits per heavy atom. The number of hydrogen-bond acceptors (Lipinski definition) is 5. The first kappa shape index (κ1) is 18.2. The third-order valence-corrected chi connectivity index (χ3v) is 5.23. The molecular formula is C16H21N3O4S. The number of sulfonamides is 1. The highest BCUT2D eigenvalue weighted by molar-refractivity contribution is 7.89. The molecule has 0 spiro atoms. The number of benzene rings is 1. The van der Waals surface area contributed by atoms with Crippen molar-refractivity contribution in [3.8, 4) is 0 Å². The maximum absolute atomic E-state index is 12.4. The van der Waals surface area contributed by atoms with Crippen molar-refractivity contribution in [3.63, 3.8) is 0 Å². The Balaban J connectivity index is 2.14. The number of nitrogens with one attached hydrogen (secondary N) is 1. The molecule has 0 aliphatic rings. The fraction of sp³-hybridized carbons (Fsp3) is 0.375. The second-order valence-corrected chi connectivity index (χ2v) is 7.16. The first-order chi connectivity index (χ1) is 11.3. The number of aromatic nitrogens is 1. The minimum Gasteiger partial charge on any atom is -0.360 e. The van der Waals surface area contributed by atoms with E-state index in [1.165, 1.54) is 18.7 Å². The summed E-state index contributed by atoms with van der Waals surface area (Å²) in [5.41, 5.74) is 2.02. The van der Waals surface area contributed by atoms with Crippen LogP contribution in [0.2, 0.25) is 0 Å². The number of carbonyl (C=O) groups excluding carboxylic acids is 1. The van der Waals surface area contributed by atoms with Crippen molar-refractivity contribution in [3.05, 3.63) is 41.3 Å². The molecule has 7 nitrogen and oxygen atoms in total. The van der Waals surface area contributed by atoms with Gasteiger partial charge in [0.25, 0.3) is 0 Å². The highest BCUT2D eigenvalue weighted by Crippen LogP contribution is 2.19. The van der Waals surface area contributed by atoms with Gasteiger partial charge < -0.3 is 9.42 Å². The summed E-state index contributed by atoms with van der Waals surface area (Å²) >= 11 is 0. The minimum absolute atomic E-state index is 0.0195. The van der Waals surface area contributed by atoms with Crippen LogP contribution in [-0.2, 0) is 14.8 Å². The average molecular weight is 351 g/mol. The van der Waals surface area contributed by atoms with Crippen molar-refractivity contribution in [1.82, 2.24) is 9.88 Å². The molecule has 0 atom stereocenters. The standard InChI is InChI=1S/C16H21N3O4S/c1-5-19(14-8-6-7-11(2)9-14)15(20)10-17-24(21,22)16-12(3)18-23-13(16)4/h6-9,17H,5,10H2,1-4H3. The summed E-state index contributed by atoms with van der Waals surface area (Å²) < 4.78 is 31.9. The molecule has 130 valence electrons. The van der Waals surface area contributed by atoms with Crippen molar-refractivity contribution >= 4 is 21.6 Å². The van der Waals surface area contributed by atoms with Gasteiger partial charge in [0.15, 0.2) is 5.76 Å². The first-order valence-corrected chi connectivity index (χ1v) is 9.04. The van der Waals surface area contributed by atoms with Crippen LogP contribution in [0, 0.1) is 20.8 Å². The summed E-state index contributed by atoms with van der Waals surface area (Å²) in [5, 5.41) is 3.63. The zero-order valence-electron chi connectivity index (χ0n) is 14.2. The van der Waals surface area contributed by atoms with Crippen LogP contribution in [0.25, 0.3) is 0 Å². The van der Waals surface area contributed by atoms with Crippen molar-refractivity contribution in [1.29, 1.82) is 0 Å². The molecule has 24 heavy (non-hydrogen) atoms. The van der Waals surface area contributed by atoms with Crippen LogP contribution in [0.4, 0.5) is 5.69 Å². The van der Waals surface area contributed by atoms with E-state index in [-0.39, 0.29) is 28.8 Å². The molecule has 1 amide bonds. The van der Waals surface area contributed by atoms with Crippen molar-refractivity contribution in [2.45, 2.75) is 32.6 Å². The smallest absolute Gasteiger partial charge is 0.246 e. The number of aryl methyl sites for hydroxylation is 3. The lowest BCUT2D eigenvalue weighted by molar-refractivity contribution is -0.117. The van der Waals surface area contributed by atoms with Gasteiger partial charge in [-0.15, -0.1) is 0 Å². The van der Waals surface area contributed by atoms with E-state index in [1.807, 2.05) is 38.1 Å². The molecule has 0 aliphatic carbocycles. The predicted octanol–water partition coefficient (Wildman–Crippen LogP) is 1.93.